The van der Waals surface area contributed by atoms with Crippen molar-refractivity contribution in [2.45, 2.75) is 44.6 Å². The molecule has 3 rings (SSSR count). The Labute approximate surface area is 161 Å². The van der Waals surface area contributed by atoms with Gasteiger partial charge in [0.15, 0.2) is 0 Å². The van der Waals surface area contributed by atoms with Crippen molar-refractivity contribution in [3.63, 3.8) is 0 Å². The third-order valence-corrected chi connectivity index (χ3v) is 7.20. The first-order chi connectivity index (χ1) is 12.4. The molecule has 0 spiro atoms. The molecule has 1 atom stereocenters. The van der Waals surface area contributed by atoms with Crippen LogP contribution >= 0.6 is 11.6 Å². The number of rotatable bonds is 5. The minimum atomic E-state index is -3.17. The Morgan fingerprint density at radius 3 is 2.58 bits per heavy atom. The van der Waals surface area contributed by atoms with E-state index < -0.39 is 10.0 Å². The number of anilines is 1. The van der Waals surface area contributed by atoms with Crippen LogP contribution in [0.3, 0.4) is 0 Å². The van der Waals surface area contributed by atoms with Crippen molar-refractivity contribution in [3.05, 3.63) is 28.8 Å². The molecule has 1 aliphatic heterocycles. The van der Waals surface area contributed by atoms with Crippen molar-refractivity contribution in [3.8, 4) is 6.07 Å². The lowest BCUT2D eigenvalue weighted by molar-refractivity contribution is 0.349. The number of halogens is 1. The molecule has 0 N–H and O–H groups in total. The van der Waals surface area contributed by atoms with Gasteiger partial charge in [0.2, 0.25) is 10.0 Å². The first-order valence-electron chi connectivity index (χ1n) is 9.30. The van der Waals surface area contributed by atoms with Crippen molar-refractivity contribution in [1.82, 2.24) is 4.31 Å². The predicted molar refractivity (Wildman–Crippen MR) is 105 cm³/mol. The smallest absolute Gasteiger partial charge is 0.211 e. The maximum atomic E-state index is 11.9. The largest absolute Gasteiger partial charge is 0.367 e. The van der Waals surface area contributed by atoms with E-state index in [-0.39, 0.29) is 6.04 Å². The Kier molecular flexibility index (Phi) is 6.11. The summed E-state index contributed by atoms with van der Waals surface area (Å²) in [5.41, 5.74) is 1.46. The van der Waals surface area contributed by atoms with Gasteiger partial charge in [-0.3, -0.25) is 0 Å². The highest BCUT2D eigenvalue weighted by Crippen LogP contribution is 2.32. The zero-order valence-electron chi connectivity index (χ0n) is 15.2. The highest BCUT2D eigenvalue weighted by atomic mass is 35.5. The lowest BCUT2D eigenvalue weighted by Gasteiger charge is -2.36. The summed E-state index contributed by atoms with van der Waals surface area (Å²) < 4.78 is 25.4. The van der Waals surface area contributed by atoms with Gasteiger partial charge in [-0.05, 0) is 43.4 Å². The number of hydrogen-bond donors (Lipinski definition) is 0. The van der Waals surface area contributed by atoms with Crippen LogP contribution in [0.5, 0.6) is 0 Å². The molecule has 26 heavy (non-hydrogen) atoms. The molecular formula is C19H26ClN3O2S. The van der Waals surface area contributed by atoms with Crippen LogP contribution in [0.2, 0.25) is 5.02 Å². The van der Waals surface area contributed by atoms with Crippen LogP contribution in [-0.4, -0.2) is 44.7 Å². The first-order valence-corrected chi connectivity index (χ1v) is 11.5. The molecule has 1 aromatic rings. The zero-order chi connectivity index (χ0) is 18.7. The number of nitrogens with zero attached hydrogens (tertiary/aromatic N) is 3. The Hall–Kier alpha value is -1.29. The normalized spacial score (nSPS) is 22.3. The fraction of sp³-hybridized carbons (Fsp3) is 0.632. The minimum absolute atomic E-state index is 0.149. The second-order valence-electron chi connectivity index (χ2n) is 7.50. The molecule has 1 aliphatic carbocycles. The van der Waals surface area contributed by atoms with Crippen LogP contribution < -0.4 is 4.90 Å². The van der Waals surface area contributed by atoms with E-state index in [0.717, 1.165) is 18.7 Å². The Bertz CT molecular complexity index is 784. The van der Waals surface area contributed by atoms with E-state index in [1.165, 1.54) is 38.4 Å². The van der Waals surface area contributed by atoms with Gasteiger partial charge in [-0.2, -0.15) is 5.26 Å². The van der Waals surface area contributed by atoms with Gasteiger partial charge >= 0.3 is 0 Å². The van der Waals surface area contributed by atoms with Crippen LogP contribution in [0.25, 0.3) is 0 Å². The molecule has 0 bridgehead atoms. The van der Waals surface area contributed by atoms with Gasteiger partial charge in [0.05, 0.1) is 16.8 Å². The van der Waals surface area contributed by atoms with Crippen LogP contribution in [0.4, 0.5) is 5.69 Å². The molecule has 0 unspecified atom stereocenters. The van der Waals surface area contributed by atoms with Crippen molar-refractivity contribution in [2.24, 2.45) is 5.92 Å². The van der Waals surface area contributed by atoms with Gasteiger partial charge < -0.3 is 4.90 Å². The Morgan fingerprint density at radius 1 is 1.27 bits per heavy atom. The summed E-state index contributed by atoms with van der Waals surface area (Å²) in [4.78, 5) is 2.33. The molecule has 142 valence electrons. The average molecular weight is 396 g/mol. The minimum Gasteiger partial charge on any atom is -0.367 e. The van der Waals surface area contributed by atoms with E-state index in [1.807, 2.05) is 12.1 Å². The van der Waals surface area contributed by atoms with E-state index in [4.69, 9.17) is 16.9 Å². The fourth-order valence-electron chi connectivity index (χ4n) is 4.15. The first kappa shape index (κ1) is 19.5. The molecule has 0 radical (unpaired) electrons. The van der Waals surface area contributed by atoms with Gasteiger partial charge in [0.25, 0.3) is 0 Å². The van der Waals surface area contributed by atoms with Gasteiger partial charge in [-0.15, -0.1) is 0 Å². The molecule has 1 saturated carbocycles. The SMILES string of the molecule is CS(=O)(=O)N1CC[C@H](N(CC2CCCCC2)c2ccc(C#N)c(Cl)c2)C1. The molecule has 1 aromatic carbocycles. The molecule has 1 saturated heterocycles. The number of sulfonamides is 1. The Morgan fingerprint density at radius 2 is 2.00 bits per heavy atom. The molecule has 0 amide bonds. The van der Waals surface area contributed by atoms with E-state index >= 15 is 0 Å². The van der Waals surface area contributed by atoms with Crippen molar-refractivity contribution in [2.75, 3.05) is 30.8 Å². The van der Waals surface area contributed by atoms with Crippen LogP contribution in [-0.2, 0) is 10.0 Å². The summed E-state index contributed by atoms with van der Waals surface area (Å²) in [6, 6.07) is 7.80. The van der Waals surface area contributed by atoms with Crippen molar-refractivity contribution < 1.29 is 8.42 Å². The average Bonchev–Trinajstić information content (AvgIpc) is 3.11. The van der Waals surface area contributed by atoms with Crippen LogP contribution in [0.1, 0.15) is 44.1 Å². The molecule has 7 heteroatoms. The third-order valence-electron chi connectivity index (χ3n) is 5.62. The van der Waals surface area contributed by atoms with E-state index in [2.05, 4.69) is 11.0 Å². The maximum absolute atomic E-state index is 11.9. The summed E-state index contributed by atoms with van der Waals surface area (Å²) >= 11 is 6.27. The number of hydrogen-bond acceptors (Lipinski definition) is 4. The molecule has 1 heterocycles. The topological polar surface area (TPSA) is 64.4 Å². The second-order valence-corrected chi connectivity index (χ2v) is 9.89. The summed E-state index contributed by atoms with van der Waals surface area (Å²) in [5.74, 6) is 0.630. The Balaban J connectivity index is 1.84. The van der Waals surface area contributed by atoms with Crippen molar-refractivity contribution >= 4 is 27.3 Å². The summed E-state index contributed by atoms with van der Waals surface area (Å²) in [6.45, 7) is 2.00. The molecule has 2 fully saturated rings. The van der Waals surface area contributed by atoms with Crippen molar-refractivity contribution in [1.29, 1.82) is 5.26 Å². The monoisotopic (exact) mass is 395 g/mol. The fourth-order valence-corrected chi connectivity index (χ4v) is 5.25. The van der Waals surface area contributed by atoms with Crippen LogP contribution in [0, 0.1) is 17.2 Å². The highest BCUT2D eigenvalue weighted by Gasteiger charge is 2.33. The van der Waals surface area contributed by atoms with E-state index in [9.17, 15) is 8.42 Å². The standard InChI is InChI=1S/C19H26ClN3O2S/c1-26(24,25)22-10-9-18(14-22)23(13-15-5-3-2-4-6-15)17-8-7-16(12-21)19(20)11-17/h7-8,11,15,18H,2-6,9-10,13-14H2,1H3/t18-/m0/s1. The highest BCUT2D eigenvalue weighted by molar-refractivity contribution is 7.88. The molecule has 0 aromatic heterocycles. The van der Waals surface area contributed by atoms with Gasteiger partial charge in [-0.25, -0.2) is 12.7 Å². The quantitative estimate of drug-likeness (QED) is 0.763. The van der Waals surface area contributed by atoms with Gasteiger partial charge in [0, 0.05) is 31.4 Å². The van der Waals surface area contributed by atoms with Gasteiger partial charge in [0.1, 0.15) is 6.07 Å². The van der Waals surface area contributed by atoms with Crippen LogP contribution in [0.15, 0.2) is 18.2 Å². The lowest BCUT2D eigenvalue weighted by atomic mass is 9.88. The summed E-state index contributed by atoms with van der Waals surface area (Å²) in [6.07, 6.45) is 8.40. The summed E-state index contributed by atoms with van der Waals surface area (Å²) in [5, 5.41) is 9.58. The second kappa shape index (κ2) is 8.16. The number of nitriles is 1. The van der Waals surface area contributed by atoms with E-state index in [0.29, 0.717) is 29.6 Å². The molecule has 5 nitrogen and oxygen atoms in total. The molecule has 2 aliphatic rings. The third kappa shape index (κ3) is 4.51. The zero-order valence-corrected chi connectivity index (χ0v) is 16.8. The maximum Gasteiger partial charge on any atom is 0.211 e. The molecular weight excluding hydrogens is 370 g/mol. The summed E-state index contributed by atoms with van der Waals surface area (Å²) in [7, 11) is -3.17. The lowest BCUT2D eigenvalue weighted by Crippen LogP contribution is -2.42. The predicted octanol–water partition coefficient (Wildman–Crippen LogP) is 3.63. The number of benzene rings is 1. The van der Waals surface area contributed by atoms with Gasteiger partial charge in [-0.1, -0.05) is 30.9 Å². The van der Waals surface area contributed by atoms with E-state index in [1.54, 1.807) is 10.4 Å².